The van der Waals surface area contributed by atoms with Crippen LogP contribution in [0.4, 0.5) is 23.2 Å². The quantitative estimate of drug-likeness (QED) is 0.312. The highest BCUT2D eigenvalue weighted by atomic mass is 32.2. The van der Waals surface area contributed by atoms with Gasteiger partial charge in [-0.25, -0.2) is 17.6 Å². The van der Waals surface area contributed by atoms with E-state index in [-0.39, 0.29) is 29.2 Å². The molecule has 12 heteroatoms. The predicted molar refractivity (Wildman–Crippen MR) is 148 cm³/mol. The zero-order chi connectivity index (χ0) is 28.2. The van der Waals surface area contributed by atoms with Gasteiger partial charge in [-0.2, -0.15) is 20.7 Å². The van der Waals surface area contributed by atoms with E-state index >= 15 is 0 Å². The Kier molecular flexibility index (Phi) is 12.3. The summed E-state index contributed by atoms with van der Waals surface area (Å²) in [5.74, 6) is 4.83. The third-order valence-corrected chi connectivity index (χ3v) is 7.09. The van der Waals surface area contributed by atoms with E-state index in [1.54, 1.807) is 23.2 Å². The molecule has 3 heterocycles. The monoisotopic (exact) mass is 552 g/mol. The molecule has 0 unspecified atom stereocenters. The van der Waals surface area contributed by atoms with E-state index in [2.05, 4.69) is 38.3 Å². The number of halogens is 4. The first-order valence-corrected chi connectivity index (χ1v) is 13.4. The number of anilines is 1. The van der Waals surface area contributed by atoms with Gasteiger partial charge in [0.15, 0.2) is 11.6 Å². The summed E-state index contributed by atoms with van der Waals surface area (Å²) >= 11 is 0. The molecule has 0 atom stereocenters. The van der Waals surface area contributed by atoms with E-state index in [1.165, 1.54) is 20.0 Å². The zero-order valence-corrected chi connectivity index (χ0v) is 22.2. The van der Waals surface area contributed by atoms with Crippen LogP contribution in [0.2, 0.25) is 0 Å². The smallest absolute Gasteiger partial charge is 0.278 e. The molecule has 2 aliphatic rings. The average Bonchev–Trinajstić information content (AvgIpc) is 3.42. The Morgan fingerprint density at radius 2 is 1.82 bits per heavy atom. The van der Waals surface area contributed by atoms with Crippen molar-refractivity contribution in [1.29, 1.82) is 0 Å². The van der Waals surface area contributed by atoms with Crippen molar-refractivity contribution in [2.24, 2.45) is 15.9 Å². The number of pyridine rings is 1. The number of rotatable bonds is 7. The number of carbonyl (C=O) groups excluding carboxylic acids is 1. The molecule has 7 nitrogen and oxygen atoms in total. The standard InChI is InChI=1S/C23H23F4N5S.C2H4O.CH5N/c1-15(31-7-9-33(2)10-8-31)32(18-5-6-19(24)20(25)11-18)14-17-4-3-16(13-28-17)21-12-22(23(26)27)30-29-21;1-2-3;1-2/h3-6,11,13,23H,1-2,7-10,12,14H2;2H,1H3;2H2,1H3. The van der Waals surface area contributed by atoms with Crippen LogP contribution in [-0.2, 0) is 11.3 Å². The Balaban J connectivity index is 0.000000947. The summed E-state index contributed by atoms with van der Waals surface area (Å²) in [6, 6.07) is 7.23. The molecule has 1 saturated heterocycles. The lowest BCUT2D eigenvalue weighted by Gasteiger charge is -2.38. The fourth-order valence-corrected chi connectivity index (χ4v) is 4.77. The van der Waals surface area contributed by atoms with E-state index in [4.69, 9.17) is 4.79 Å². The summed E-state index contributed by atoms with van der Waals surface area (Å²) in [5.41, 5.74) is 6.38. The molecule has 2 aromatic rings. The minimum absolute atomic E-state index is 0.0145. The molecule has 206 valence electrons. The lowest BCUT2D eigenvalue weighted by molar-refractivity contribution is -0.106. The number of benzene rings is 1. The maximum absolute atomic E-state index is 14.0. The van der Waals surface area contributed by atoms with Gasteiger partial charge < -0.3 is 20.3 Å². The summed E-state index contributed by atoms with van der Waals surface area (Å²) < 4.78 is 53.2. The van der Waals surface area contributed by atoms with Crippen LogP contribution in [0.15, 0.2) is 59.1 Å². The maximum atomic E-state index is 14.0. The first-order chi connectivity index (χ1) is 18.2. The summed E-state index contributed by atoms with van der Waals surface area (Å²) in [4.78, 5) is 17.2. The molecular weight excluding hydrogens is 520 g/mol. The van der Waals surface area contributed by atoms with Gasteiger partial charge in [-0.3, -0.25) is 4.98 Å². The molecule has 1 fully saturated rings. The highest BCUT2D eigenvalue weighted by Gasteiger charge is 2.23. The van der Waals surface area contributed by atoms with Crippen LogP contribution in [0, 0.1) is 11.6 Å². The van der Waals surface area contributed by atoms with E-state index in [9.17, 15) is 17.6 Å². The highest BCUT2D eigenvalue weighted by Crippen LogP contribution is 2.27. The zero-order valence-electron chi connectivity index (χ0n) is 21.4. The molecule has 0 aliphatic carbocycles. The van der Waals surface area contributed by atoms with Crippen molar-refractivity contribution < 1.29 is 22.4 Å². The normalized spacial score (nSPS) is 15.0. The Morgan fingerprint density at radius 1 is 1.16 bits per heavy atom. The number of nitrogens with two attached hydrogens (primary N) is 1. The van der Waals surface area contributed by atoms with Crippen LogP contribution in [0.5, 0.6) is 0 Å². The fourth-order valence-electron chi connectivity index (χ4n) is 3.60. The topological polar surface area (TPSA) is 87.2 Å². The van der Waals surface area contributed by atoms with Crippen molar-refractivity contribution in [1.82, 2.24) is 9.88 Å². The van der Waals surface area contributed by atoms with Gasteiger partial charge in [0.1, 0.15) is 17.8 Å². The van der Waals surface area contributed by atoms with Crippen molar-refractivity contribution in [3.8, 4) is 0 Å². The van der Waals surface area contributed by atoms with Crippen LogP contribution >= 0.6 is 10.5 Å². The Hall–Kier alpha value is -3.38. The molecule has 0 saturated carbocycles. The fraction of sp³-hybridized carbons (Fsp3) is 0.346. The number of hydrogen-bond donors (Lipinski definition) is 1. The maximum Gasteiger partial charge on any atom is 0.278 e. The minimum atomic E-state index is -2.64. The number of hydrogen-bond acceptors (Lipinski definition) is 7. The van der Waals surface area contributed by atoms with E-state index in [0.29, 0.717) is 28.5 Å². The molecule has 0 radical (unpaired) electrons. The van der Waals surface area contributed by atoms with Gasteiger partial charge >= 0.3 is 0 Å². The van der Waals surface area contributed by atoms with Crippen molar-refractivity contribution in [3.63, 3.8) is 0 Å². The van der Waals surface area contributed by atoms with Crippen molar-refractivity contribution >= 4 is 39.8 Å². The second-order valence-electron chi connectivity index (χ2n) is 8.00. The highest BCUT2D eigenvalue weighted by molar-refractivity contribution is 8.14. The number of nitrogens with zero attached hydrogens (tertiary/aromatic N) is 5. The second-order valence-corrected chi connectivity index (χ2v) is 10.0. The van der Waals surface area contributed by atoms with Gasteiger partial charge in [0.25, 0.3) is 6.43 Å². The first kappa shape index (κ1) is 30.8. The van der Waals surface area contributed by atoms with Crippen LogP contribution in [0.3, 0.4) is 0 Å². The van der Waals surface area contributed by atoms with Gasteiger partial charge in [-0.1, -0.05) is 12.4 Å². The molecular formula is C26H32F4N6OS. The van der Waals surface area contributed by atoms with E-state index in [0.717, 1.165) is 43.0 Å². The Bertz CT molecular complexity index is 1180. The predicted octanol–water partition coefficient (Wildman–Crippen LogP) is 4.45. The third kappa shape index (κ3) is 8.32. The van der Waals surface area contributed by atoms with Gasteiger partial charge in [-0.05, 0) is 38.2 Å². The Labute approximate surface area is 222 Å². The molecule has 4 rings (SSSR count). The number of carbonyl (C=O) groups is 1. The molecule has 2 aliphatic heterocycles. The number of aromatic nitrogens is 1. The lowest BCUT2D eigenvalue weighted by atomic mass is 10.1. The molecule has 1 aromatic heterocycles. The average molecular weight is 553 g/mol. The molecule has 0 bridgehead atoms. The third-order valence-electron chi connectivity index (χ3n) is 5.57. The molecule has 0 spiro atoms. The SMILES string of the molecule is C=C(N1CCS(=C)CC1)N(Cc1ccc(C2=NN=C(C(F)F)C2)cn1)c1ccc(F)c(F)c1.CC=O.CN. The second kappa shape index (κ2) is 15.1. The van der Waals surface area contributed by atoms with Gasteiger partial charge in [0.2, 0.25) is 0 Å². The van der Waals surface area contributed by atoms with E-state index in [1.807, 2.05) is 0 Å². The van der Waals surface area contributed by atoms with Gasteiger partial charge in [0, 0.05) is 54.5 Å². The van der Waals surface area contributed by atoms with Gasteiger partial charge in [0.05, 0.1) is 18.0 Å². The van der Waals surface area contributed by atoms with Crippen LogP contribution in [0.25, 0.3) is 0 Å². The van der Waals surface area contributed by atoms with Gasteiger partial charge in [-0.15, -0.1) is 0 Å². The van der Waals surface area contributed by atoms with Crippen LogP contribution < -0.4 is 10.6 Å². The summed E-state index contributed by atoms with van der Waals surface area (Å²) in [6.45, 7) is 7.49. The van der Waals surface area contributed by atoms with Crippen LogP contribution in [0.1, 0.15) is 24.6 Å². The summed E-state index contributed by atoms with van der Waals surface area (Å²) in [7, 11) is 1.62. The molecule has 38 heavy (non-hydrogen) atoms. The molecule has 1 aromatic carbocycles. The number of alkyl halides is 2. The van der Waals surface area contributed by atoms with Crippen molar-refractivity contribution in [2.75, 3.05) is 36.5 Å². The summed E-state index contributed by atoms with van der Waals surface area (Å²) in [6.07, 6.45) is -0.345. The van der Waals surface area contributed by atoms with Crippen molar-refractivity contribution in [2.45, 2.75) is 26.3 Å². The molecule has 2 N–H and O–H groups in total. The number of aldehydes is 1. The van der Waals surface area contributed by atoms with E-state index < -0.39 is 18.1 Å². The lowest BCUT2D eigenvalue weighted by Crippen LogP contribution is -2.40. The Morgan fingerprint density at radius 3 is 2.34 bits per heavy atom. The van der Waals surface area contributed by atoms with Crippen LogP contribution in [-0.4, -0.2) is 71.5 Å². The largest absolute Gasteiger partial charge is 0.357 e. The minimum Gasteiger partial charge on any atom is -0.357 e. The summed E-state index contributed by atoms with van der Waals surface area (Å²) in [5, 5.41) is 7.36. The first-order valence-electron chi connectivity index (χ1n) is 11.7. The van der Waals surface area contributed by atoms with Crippen molar-refractivity contribution in [3.05, 3.63) is 71.8 Å². The molecule has 0 amide bonds.